The number of hydrogen-bond donors (Lipinski definition) is 1. The Kier molecular flexibility index (Phi) is 4.56. The van der Waals surface area contributed by atoms with Crippen LogP contribution in [-0.4, -0.2) is 17.7 Å². The van der Waals surface area contributed by atoms with E-state index in [1.165, 1.54) is 4.90 Å². The maximum Gasteiger partial charge on any atom is 0.266 e. The van der Waals surface area contributed by atoms with Crippen molar-refractivity contribution in [3.8, 4) is 0 Å². The summed E-state index contributed by atoms with van der Waals surface area (Å²) in [6.45, 7) is 0. The van der Waals surface area contributed by atoms with Gasteiger partial charge in [-0.2, -0.15) is 0 Å². The van der Waals surface area contributed by atoms with Gasteiger partial charge in [0.25, 0.3) is 11.8 Å². The SMILES string of the molecule is O=C(Cc1ccc(N2C(=O)c3ccccc3C2=O)cc1)Nc1cccc2ccccc12. The Balaban J connectivity index is 1.31. The van der Waals surface area contributed by atoms with Gasteiger partial charge in [0.05, 0.1) is 23.2 Å². The molecule has 1 heterocycles. The average Bonchev–Trinajstić information content (AvgIpc) is 3.05. The van der Waals surface area contributed by atoms with Crippen molar-refractivity contribution >= 4 is 39.9 Å². The molecule has 4 aromatic rings. The van der Waals surface area contributed by atoms with Crippen LogP contribution >= 0.6 is 0 Å². The Hall–Kier alpha value is -4.25. The van der Waals surface area contributed by atoms with Crippen LogP contribution in [0.4, 0.5) is 11.4 Å². The largest absolute Gasteiger partial charge is 0.325 e. The van der Waals surface area contributed by atoms with Crippen LogP contribution in [0.5, 0.6) is 0 Å². The topological polar surface area (TPSA) is 66.5 Å². The van der Waals surface area contributed by atoms with Crippen molar-refractivity contribution in [1.82, 2.24) is 0 Å². The van der Waals surface area contributed by atoms with E-state index in [0.717, 1.165) is 22.0 Å². The van der Waals surface area contributed by atoms with Gasteiger partial charge in [0.1, 0.15) is 0 Å². The van der Waals surface area contributed by atoms with Gasteiger partial charge in [-0.05, 0) is 41.3 Å². The molecule has 0 radical (unpaired) electrons. The standard InChI is InChI=1S/C26H18N2O3/c29-24(27-23-11-5-7-18-6-1-2-8-20(18)23)16-17-12-14-19(15-13-17)28-25(30)21-9-3-4-10-22(21)26(28)31/h1-15H,16H2,(H,27,29). The second kappa shape index (κ2) is 7.54. The predicted octanol–water partition coefficient (Wildman–Crippen LogP) is 4.82. The summed E-state index contributed by atoms with van der Waals surface area (Å²) in [5, 5.41) is 5.02. The Morgan fingerprint density at radius 2 is 1.32 bits per heavy atom. The van der Waals surface area contributed by atoms with Gasteiger partial charge in [0.2, 0.25) is 5.91 Å². The van der Waals surface area contributed by atoms with E-state index in [1.807, 2.05) is 42.5 Å². The number of nitrogens with one attached hydrogen (secondary N) is 1. The lowest BCUT2D eigenvalue weighted by Gasteiger charge is -2.14. The van der Waals surface area contributed by atoms with Gasteiger partial charge >= 0.3 is 0 Å². The zero-order valence-corrected chi connectivity index (χ0v) is 16.5. The van der Waals surface area contributed by atoms with E-state index in [4.69, 9.17) is 0 Å². The molecule has 31 heavy (non-hydrogen) atoms. The predicted molar refractivity (Wildman–Crippen MR) is 120 cm³/mol. The molecule has 0 aromatic heterocycles. The van der Waals surface area contributed by atoms with Gasteiger partial charge in [-0.1, -0.05) is 60.7 Å². The van der Waals surface area contributed by atoms with Crippen LogP contribution in [-0.2, 0) is 11.2 Å². The van der Waals surface area contributed by atoms with Crippen molar-refractivity contribution in [3.05, 3.63) is 108 Å². The Bertz CT molecular complexity index is 1300. The smallest absolute Gasteiger partial charge is 0.266 e. The number of fused-ring (bicyclic) bond motifs is 2. The second-order valence-electron chi connectivity index (χ2n) is 7.41. The summed E-state index contributed by atoms with van der Waals surface area (Å²) in [6, 6.07) is 27.4. The number of benzene rings is 4. The second-order valence-corrected chi connectivity index (χ2v) is 7.41. The fourth-order valence-corrected chi connectivity index (χ4v) is 3.90. The summed E-state index contributed by atoms with van der Waals surface area (Å²) in [5.74, 6) is -0.797. The summed E-state index contributed by atoms with van der Waals surface area (Å²) in [6.07, 6.45) is 0.186. The van der Waals surface area contributed by atoms with Crippen LogP contribution in [0.2, 0.25) is 0 Å². The van der Waals surface area contributed by atoms with Crippen molar-refractivity contribution in [2.75, 3.05) is 10.2 Å². The van der Waals surface area contributed by atoms with Crippen LogP contribution < -0.4 is 10.2 Å². The van der Waals surface area contributed by atoms with Crippen LogP contribution in [0.1, 0.15) is 26.3 Å². The first-order chi connectivity index (χ1) is 15.1. The van der Waals surface area contributed by atoms with E-state index >= 15 is 0 Å². The first-order valence-electron chi connectivity index (χ1n) is 9.96. The first kappa shape index (κ1) is 18.8. The molecule has 1 aliphatic rings. The van der Waals surface area contributed by atoms with Gasteiger partial charge in [0, 0.05) is 11.1 Å². The van der Waals surface area contributed by atoms with E-state index in [0.29, 0.717) is 16.8 Å². The fourth-order valence-electron chi connectivity index (χ4n) is 3.90. The molecule has 1 aliphatic heterocycles. The number of anilines is 2. The third-order valence-electron chi connectivity index (χ3n) is 5.42. The molecular weight excluding hydrogens is 388 g/mol. The maximum absolute atomic E-state index is 12.6. The highest BCUT2D eigenvalue weighted by molar-refractivity contribution is 6.34. The van der Waals surface area contributed by atoms with Gasteiger partial charge in [0.15, 0.2) is 0 Å². The Morgan fingerprint density at radius 3 is 2.03 bits per heavy atom. The summed E-state index contributed by atoms with van der Waals surface area (Å²) in [4.78, 5) is 39.0. The molecule has 5 heteroatoms. The molecule has 0 unspecified atom stereocenters. The van der Waals surface area contributed by atoms with E-state index in [9.17, 15) is 14.4 Å². The molecular formula is C26H18N2O3. The molecule has 4 aromatic carbocycles. The van der Waals surface area contributed by atoms with Gasteiger partial charge in [-0.25, -0.2) is 4.90 Å². The lowest BCUT2D eigenvalue weighted by atomic mass is 10.1. The van der Waals surface area contributed by atoms with Crippen molar-refractivity contribution in [3.63, 3.8) is 0 Å². The third kappa shape index (κ3) is 3.36. The number of rotatable bonds is 4. The molecule has 0 saturated carbocycles. The minimum atomic E-state index is -0.331. The number of carbonyl (C=O) groups excluding carboxylic acids is 3. The number of imide groups is 1. The number of carbonyl (C=O) groups is 3. The minimum Gasteiger partial charge on any atom is -0.325 e. The summed E-state index contributed by atoms with van der Waals surface area (Å²) >= 11 is 0. The molecule has 0 bridgehead atoms. The Morgan fingerprint density at radius 1 is 0.710 bits per heavy atom. The van der Waals surface area contributed by atoms with E-state index in [1.54, 1.807) is 48.5 Å². The summed E-state index contributed by atoms with van der Waals surface area (Å²) < 4.78 is 0. The quantitative estimate of drug-likeness (QED) is 0.494. The monoisotopic (exact) mass is 406 g/mol. The van der Waals surface area contributed by atoms with Gasteiger partial charge in [-0.15, -0.1) is 0 Å². The molecule has 150 valence electrons. The molecule has 5 nitrogen and oxygen atoms in total. The number of nitrogens with zero attached hydrogens (tertiary/aromatic N) is 1. The van der Waals surface area contributed by atoms with Crippen molar-refractivity contribution in [2.45, 2.75) is 6.42 Å². The normalized spacial score (nSPS) is 12.8. The van der Waals surface area contributed by atoms with Crippen LogP contribution in [0, 0.1) is 0 Å². The van der Waals surface area contributed by atoms with Crippen molar-refractivity contribution in [2.24, 2.45) is 0 Å². The zero-order valence-electron chi connectivity index (χ0n) is 16.5. The lowest BCUT2D eigenvalue weighted by Crippen LogP contribution is -2.29. The van der Waals surface area contributed by atoms with E-state index < -0.39 is 0 Å². The molecule has 0 spiro atoms. The molecule has 0 aliphatic carbocycles. The zero-order chi connectivity index (χ0) is 21.4. The fraction of sp³-hybridized carbons (Fsp3) is 0.0385. The van der Waals surface area contributed by atoms with Crippen LogP contribution in [0.3, 0.4) is 0 Å². The molecule has 3 amide bonds. The highest BCUT2D eigenvalue weighted by Crippen LogP contribution is 2.28. The molecule has 1 N–H and O–H groups in total. The first-order valence-corrected chi connectivity index (χ1v) is 9.96. The minimum absolute atomic E-state index is 0.134. The van der Waals surface area contributed by atoms with E-state index in [-0.39, 0.29) is 24.1 Å². The molecule has 0 saturated heterocycles. The highest BCUT2D eigenvalue weighted by atomic mass is 16.2. The molecule has 0 fully saturated rings. The van der Waals surface area contributed by atoms with Crippen LogP contribution in [0.15, 0.2) is 91.0 Å². The van der Waals surface area contributed by atoms with Gasteiger partial charge < -0.3 is 5.32 Å². The highest BCUT2D eigenvalue weighted by Gasteiger charge is 2.36. The molecule has 5 rings (SSSR count). The van der Waals surface area contributed by atoms with E-state index in [2.05, 4.69) is 5.32 Å². The average molecular weight is 406 g/mol. The van der Waals surface area contributed by atoms with Crippen LogP contribution in [0.25, 0.3) is 10.8 Å². The van der Waals surface area contributed by atoms with Gasteiger partial charge in [-0.3, -0.25) is 14.4 Å². The molecule has 0 atom stereocenters. The summed E-state index contributed by atoms with van der Waals surface area (Å²) in [7, 11) is 0. The maximum atomic E-state index is 12.6. The third-order valence-corrected chi connectivity index (χ3v) is 5.42. The lowest BCUT2D eigenvalue weighted by molar-refractivity contribution is -0.115. The number of hydrogen-bond acceptors (Lipinski definition) is 3. The Labute approximate surface area is 178 Å². The van der Waals surface area contributed by atoms with Crippen molar-refractivity contribution < 1.29 is 14.4 Å². The number of amides is 3. The van der Waals surface area contributed by atoms with Crippen molar-refractivity contribution in [1.29, 1.82) is 0 Å². The summed E-state index contributed by atoms with van der Waals surface area (Å²) in [5.41, 5.74) is 2.87.